The Morgan fingerprint density at radius 2 is 2.00 bits per heavy atom. The largest absolute Gasteiger partial charge is 0.379 e. The minimum absolute atomic E-state index is 0.00828. The van der Waals surface area contributed by atoms with Gasteiger partial charge < -0.3 is 15.0 Å². The Morgan fingerprint density at radius 3 is 2.62 bits per heavy atom. The Hall–Kier alpha value is -1.48. The molecule has 0 aromatic heterocycles. The summed E-state index contributed by atoms with van der Waals surface area (Å²) >= 11 is 0. The number of quaternary nitrogens is 1. The molecule has 1 aliphatic rings. The van der Waals surface area contributed by atoms with Gasteiger partial charge >= 0.3 is 0 Å². The van der Waals surface area contributed by atoms with Crippen LogP contribution in [0.1, 0.15) is 26.3 Å². The van der Waals surface area contributed by atoms with Crippen molar-refractivity contribution in [3.05, 3.63) is 29.8 Å². The van der Waals surface area contributed by atoms with Gasteiger partial charge in [-0.05, 0) is 32.9 Å². The van der Waals surface area contributed by atoms with Gasteiger partial charge in [0, 0.05) is 24.7 Å². The maximum Gasteiger partial charge on any atom is 0.275 e. The number of likely N-dealkylation sites (N-methyl/N-ethyl adjacent to an activating group) is 1. The van der Waals surface area contributed by atoms with Crippen LogP contribution in [0.15, 0.2) is 29.2 Å². The van der Waals surface area contributed by atoms with Crippen molar-refractivity contribution < 1.29 is 22.8 Å². The van der Waals surface area contributed by atoms with Gasteiger partial charge in [0.2, 0.25) is 10.0 Å². The molecule has 0 radical (unpaired) electrons. The van der Waals surface area contributed by atoms with Crippen LogP contribution < -0.4 is 10.2 Å². The summed E-state index contributed by atoms with van der Waals surface area (Å²) < 4.78 is 32.3. The number of rotatable bonds is 8. The zero-order valence-electron chi connectivity index (χ0n) is 15.8. The first-order valence-corrected chi connectivity index (χ1v) is 10.6. The third kappa shape index (κ3) is 5.77. The van der Waals surface area contributed by atoms with Crippen LogP contribution in [-0.4, -0.2) is 64.1 Å². The van der Waals surface area contributed by atoms with Gasteiger partial charge in [0.05, 0.1) is 24.7 Å². The van der Waals surface area contributed by atoms with Crippen LogP contribution in [0.3, 0.4) is 0 Å². The van der Waals surface area contributed by atoms with Gasteiger partial charge in [-0.15, -0.1) is 0 Å². The van der Waals surface area contributed by atoms with Crippen LogP contribution in [0.2, 0.25) is 0 Å². The summed E-state index contributed by atoms with van der Waals surface area (Å²) in [7, 11) is -3.50. The lowest BCUT2D eigenvalue weighted by atomic mass is 10.2. The zero-order chi connectivity index (χ0) is 19.2. The van der Waals surface area contributed by atoms with Crippen molar-refractivity contribution in [3.63, 3.8) is 0 Å². The minimum Gasteiger partial charge on any atom is -0.379 e. The van der Waals surface area contributed by atoms with E-state index >= 15 is 0 Å². The van der Waals surface area contributed by atoms with Crippen LogP contribution in [-0.2, 0) is 26.1 Å². The summed E-state index contributed by atoms with van der Waals surface area (Å²) in [6, 6.07) is 7.15. The molecule has 26 heavy (non-hydrogen) atoms. The van der Waals surface area contributed by atoms with E-state index in [1.165, 1.54) is 4.31 Å². The normalized spacial score (nSPS) is 17.2. The number of nitrogens with zero attached hydrogens (tertiary/aromatic N) is 1. The van der Waals surface area contributed by atoms with Gasteiger partial charge in [-0.2, -0.15) is 4.31 Å². The Labute approximate surface area is 156 Å². The first kappa shape index (κ1) is 20.8. The van der Waals surface area contributed by atoms with E-state index in [0.717, 1.165) is 17.0 Å². The van der Waals surface area contributed by atoms with Gasteiger partial charge in [0.25, 0.3) is 5.91 Å². The molecular weight excluding hydrogens is 354 g/mol. The van der Waals surface area contributed by atoms with Crippen LogP contribution in [0, 0.1) is 0 Å². The molecule has 0 bridgehead atoms. The summed E-state index contributed by atoms with van der Waals surface area (Å²) in [4.78, 5) is 13.4. The third-order valence-corrected chi connectivity index (χ3v) is 6.22. The summed E-state index contributed by atoms with van der Waals surface area (Å²) in [5, 5.41) is 2.90. The lowest BCUT2D eigenvalue weighted by Crippen LogP contribution is -3.11. The van der Waals surface area contributed by atoms with Crippen molar-refractivity contribution in [2.45, 2.75) is 38.3 Å². The van der Waals surface area contributed by atoms with Gasteiger partial charge in [-0.1, -0.05) is 12.1 Å². The van der Waals surface area contributed by atoms with Crippen LogP contribution in [0.25, 0.3) is 0 Å². The molecule has 7 nitrogen and oxygen atoms in total. The number of amides is 1. The van der Waals surface area contributed by atoms with E-state index in [2.05, 4.69) is 5.32 Å². The number of nitrogens with one attached hydrogen (secondary N) is 2. The number of sulfonamides is 1. The third-order valence-electron chi connectivity index (χ3n) is 4.32. The Morgan fingerprint density at radius 1 is 1.31 bits per heavy atom. The molecule has 8 heteroatoms. The molecule has 0 aliphatic carbocycles. The quantitative estimate of drug-likeness (QED) is 0.641. The van der Waals surface area contributed by atoms with Gasteiger partial charge in [0.15, 0.2) is 6.54 Å². The minimum atomic E-state index is -3.50. The molecule has 0 spiro atoms. The number of ether oxygens (including phenoxy) is 1. The van der Waals surface area contributed by atoms with Crippen molar-refractivity contribution in [2.75, 3.05) is 39.4 Å². The predicted octanol–water partition coefficient (Wildman–Crippen LogP) is -0.363. The molecule has 1 aromatic carbocycles. The highest BCUT2D eigenvalue weighted by molar-refractivity contribution is 7.89. The summed E-state index contributed by atoms with van der Waals surface area (Å²) in [5.74, 6) is 0.00828. The maximum atomic E-state index is 12.8. The second-order valence-electron chi connectivity index (χ2n) is 6.84. The summed E-state index contributed by atoms with van der Waals surface area (Å²) in [5.41, 5.74) is 0.911. The first-order valence-electron chi connectivity index (χ1n) is 9.12. The average molecular weight is 385 g/mol. The number of benzene rings is 1. The molecule has 1 aliphatic heterocycles. The molecule has 1 unspecified atom stereocenters. The van der Waals surface area contributed by atoms with E-state index in [9.17, 15) is 13.2 Å². The fourth-order valence-electron chi connectivity index (χ4n) is 2.95. The SMILES string of the molecule is CC[NH+](CC(=O)NC(C)C)Cc1cccc(S(=O)(=O)N2CCOCC2)c1. The second-order valence-corrected chi connectivity index (χ2v) is 8.78. The van der Waals surface area contributed by atoms with Crippen molar-refractivity contribution in [1.82, 2.24) is 9.62 Å². The number of hydrogen-bond donors (Lipinski definition) is 2. The molecule has 1 amide bonds. The summed E-state index contributed by atoms with van der Waals surface area (Å²) in [6.07, 6.45) is 0. The Bertz CT molecular complexity index is 700. The maximum absolute atomic E-state index is 12.8. The number of hydrogen-bond acceptors (Lipinski definition) is 4. The molecule has 1 aromatic rings. The average Bonchev–Trinajstić information content (AvgIpc) is 2.61. The lowest BCUT2D eigenvalue weighted by Gasteiger charge is -2.26. The van der Waals surface area contributed by atoms with Crippen LogP contribution in [0.5, 0.6) is 0 Å². The number of carbonyl (C=O) groups excluding carboxylic acids is 1. The fraction of sp³-hybridized carbons (Fsp3) is 0.611. The fourth-order valence-corrected chi connectivity index (χ4v) is 4.43. The zero-order valence-corrected chi connectivity index (χ0v) is 16.6. The highest BCUT2D eigenvalue weighted by Gasteiger charge is 2.26. The van der Waals surface area contributed by atoms with E-state index in [4.69, 9.17) is 4.74 Å². The van der Waals surface area contributed by atoms with Crippen molar-refractivity contribution in [2.24, 2.45) is 0 Å². The van der Waals surface area contributed by atoms with Gasteiger partial charge in [-0.3, -0.25) is 4.79 Å². The van der Waals surface area contributed by atoms with Crippen molar-refractivity contribution >= 4 is 15.9 Å². The van der Waals surface area contributed by atoms with Gasteiger partial charge in [-0.25, -0.2) is 8.42 Å². The number of carbonyl (C=O) groups is 1. The molecule has 1 fully saturated rings. The van der Waals surface area contributed by atoms with Crippen molar-refractivity contribution in [1.29, 1.82) is 0 Å². The molecule has 1 heterocycles. The molecule has 0 saturated carbocycles. The van der Waals surface area contributed by atoms with Crippen LogP contribution in [0.4, 0.5) is 0 Å². The highest BCUT2D eigenvalue weighted by Crippen LogP contribution is 2.18. The van der Waals surface area contributed by atoms with E-state index in [0.29, 0.717) is 44.3 Å². The smallest absolute Gasteiger partial charge is 0.275 e. The van der Waals surface area contributed by atoms with Gasteiger partial charge in [0.1, 0.15) is 6.54 Å². The first-order chi connectivity index (χ1) is 12.3. The van der Waals surface area contributed by atoms with Crippen molar-refractivity contribution in [3.8, 4) is 0 Å². The van der Waals surface area contributed by atoms with E-state index in [-0.39, 0.29) is 11.9 Å². The monoisotopic (exact) mass is 384 g/mol. The topological polar surface area (TPSA) is 80.2 Å². The molecule has 1 atom stereocenters. The highest BCUT2D eigenvalue weighted by atomic mass is 32.2. The molecule has 2 rings (SSSR count). The number of morpholine rings is 1. The Kier molecular flexibility index (Phi) is 7.57. The summed E-state index contributed by atoms with van der Waals surface area (Å²) in [6.45, 7) is 9.27. The van der Waals surface area contributed by atoms with E-state index < -0.39 is 10.0 Å². The lowest BCUT2D eigenvalue weighted by molar-refractivity contribution is -0.904. The molecule has 2 N–H and O–H groups in total. The predicted molar refractivity (Wildman–Crippen MR) is 99.4 cm³/mol. The molecular formula is C18H30N3O4S+. The van der Waals surface area contributed by atoms with E-state index in [1.807, 2.05) is 26.8 Å². The molecule has 1 saturated heterocycles. The standard InChI is InChI=1S/C18H29N3O4S/c1-4-20(14-18(22)19-15(2)3)13-16-6-5-7-17(12-16)26(23,24)21-8-10-25-11-9-21/h5-7,12,15H,4,8-11,13-14H2,1-3H3,(H,19,22)/p+1. The molecule has 146 valence electrons. The van der Waals surface area contributed by atoms with Crippen LogP contribution >= 0.6 is 0 Å². The second kappa shape index (κ2) is 9.45. The Balaban J connectivity index is 2.08. The van der Waals surface area contributed by atoms with E-state index in [1.54, 1.807) is 18.2 Å².